The summed E-state index contributed by atoms with van der Waals surface area (Å²) in [5, 5.41) is 3.37. The number of nitrogens with one attached hydrogen (secondary N) is 1. The van der Waals surface area contributed by atoms with Gasteiger partial charge in [0, 0.05) is 12.2 Å². The first-order valence-electron chi connectivity index (χ1n) is 4.44. The molecule has 64 valence electrons. The van der Waals surface area contributed by atoms with Crippen LogP contribution in [0.15, 0.2) is 24.3 Å². The molecule has 0 amide bonds. The van der Waals surface area contributed by atoms with Crippen LogP contribution in [0, 0.1) is 0 Å². The Labute approximate surface area is 72.8 Å². The summed E-state index contributed by atoms with van der Waals surface area (Å²) in [6, 6.07) is 8.43. The minimum atomic E-state index is 0.558. The quantitative estimate of drug-likeness (QED) is 0.657. The number of rotatable bonds is 1. The van der Waals surface area contributed by atoms with Crippen LogP contribution in [-0.2, 0) is 0 Å². The third-order valence-electron chi connectivity index (χ3n) is 2.49. The van der Waals surface area contributed by atoms with E-state index in [4.69, 9.17) is 5.73 Å². The molecule has 3 N–H and O–H groups in total. The van der Waals surface area contributed by atoms with Crippen LogP contribution < -0.4 is 11.1 Å². The summed E-state index contributed by atoms with van der Waals surface area (Å²) in [6.45, 7) is 1.82. The van der Waals surface area contributed by atoms with Gasteiger partial charge in [0.1, 0.15) is 0 Å². The second-order valence-electron chi connectivity index (χ2n) is 3.24. The molecule has 1 aliphatic rings. The summed E-state index contributed by atoms with van der Waals surface area (Å²) in [6.07, 6.45) is 1.16. The Balaban J connectivity index is 2.37. The van der Waals surface area contributed by atoms with E-state index in [0.717, 1.165) is 19.5 Å². The van der Waals surface area contributed by atoms with E-state index in [2.05, 4.69) is 29.6 Å². The minimum absolute atomic E-state index is 0.558. The maximum absolute atomic E-state index is 5.69. The van der Waals surface area contributed by atoms with Gasteiger partial charge in [0.25, 0.3) is 0 Å². The average molecular weight is 162 g/mol. The minimum Gasteiger partial charge on any atom is -0.385 e. The Morgan fingerprint density at radius 1 is 1.42 bits per heavy atom. The van der Waals surface area contributed by atoms with E-state index in [9.17, 15) is 0 Å². The Kier molecular flexibility index (Phi) is 2.00. The molecule has 0 unspecified atom stereocenters. The number of hydrogen-bond donors (Lipinski definition) is 2. The molecule has 1 atom stereocenters. The summed E-state index contributed by atoms with van der Waals surface area (Å²) >= 11 is 0. The molecular formula is C10H14N2. The lowest BCUT2D eigenvalue weighted by Crippen LogP contribution is -2.22. The van der Waals surface area contributed by atoms with Gasteiger partial charge in [-0.25, -0.2) is 0 Å². The molecule has 0 aromatic heterocycles. The predicted octanol–water partition coefficient (Wildman–Crippen LogP) is 1.54. The smallest absolute Gasteiger partial charge is 0.0376 e. The average Bonchev–Trinajstić information content (AvgIpc) is 2.17. The van der Waals surface area contributed by atoms with Crippen molar-refractivity contribution in [3.05, 3.63) is 29.8 Å². The van der Waals surface area contributed by atoms with Crippen LogP contribution in [0.1, 0.15) is 17.9 Å². The normalized spacial score (nSPS) is 21.2. The van der Waals surface area contributed by atoms with Crippen LogP contribution >= 0.6 is 0 Å². The third kappa shape index (κ3) is 1.18. The van der Waals surface area contributed by atoms with Crippen molar-refractivity contribution in [3.63, 3.8) is 0 Å². The van der Waals surface area contributed by atoms with E-state index in [-0.39, 0.29) is 0 Å². The van der Waals surface area contributed by atoms with Crippen molar-refractivity contribution < 1.29 is 0 Å². The standard InChI is InChI=1S/C10H14N2/c11-7-8-5-6-12-10-4-2-1-3-9(8)10/h1-4,8,12H,5-7,11H2/t8-/m0/s1. The molecule has 1 aliphatic heterocycles. The van der Waals surface area contributed by atoms with Crippen molar-refractivity contribution >= 4 is 5.69 Å². The highest BCUT2D eigenvalue weighted by Gasteiger charge is 2.17. The summed E-state index contributed by atoms with van der Waals surface area (Å²) in [5.74, 6) is 0.558. The second-order valence-corrected chi connectivity index (χ2v) is 3.24. The zero-order valence-corrected chi connectivity index (χ0v) is 7.09. The Bertz CT molecular complexity index is 270. The fourth-order valence-electron chi connectivity index (χ4n) is 1.80. The topological polar surface area (TPSA) is 38.0 Å². The van der Waals surface area contributed by atoms with Crippen molar-refractivity contribution in [2.45, 2.75) is 12.3 Å². The highest BCUT2D eigenvalue weighted by atomic mass is 14.9. The fourth-order valence-corrected chi connectivity index (χ4v) is 1.80. The van der Waals surface area contributed by atoms with E-state index in [1.54, 1.807) is 0 Å². The van der Waals surface area contributed by atoms with Crippen LogP contribution in [0.3, 0.4) is 0 Å². The zero-order valence-electron chi connectivity index (χ0n) is 7.09. The van der Waals surface area contributed by atoms with E-state index in [1.807, 2.05) is 0 Å². The molecule has 0 saturated heterocycles. The van der Waals surface area contributed by atoms with Crippen LogP contribution in [0.4, 0.5) is 5.69 Å². The predicted molar refractivity (Wildman–Crippen MR) is 51.3 cm³/mol. The van der Waals surface area contributed by atoms with Gasteiger partial charge >= 0.3 is 0 Å². The van der Waals surface area contributed by atoms with Crippen LogP contribution in [0.5, 0.6) is 0 Å². The molecule has 2 nitrogen and oxygen atoms in total. The largest absolute Gasteiger partial charge is 0.385 e. The Morgan fingerprint density at radius 3 is 3.08 bits per heavy atom. The molecule has 0 radical (unpaired) electrons. The van der Waals surface area contributed by atoms with Crippen LogP contribution in [0.25, 0.3) is 0 Å². The number of nitrogens with two attached hydrogens (primary N) is 1. The molecule has 1 aromatic rings. The third-order valence-corrected chi connectivity index (χ3v) is 2.49. The molecule has 0 aliphatic carbocycles. The molecule has 1 heterocycles. The molecule has 0 fully saturated rings. The first-order valence-corrected chi connectivity index (χ1v) is 4.44. The second kappa shape index (κ2) is 3.15. The molecule has 1 aromatic carbocycles. The zero-order chi connectivity index (χ0) is 8.39. The van der Waals surface area contributed by atoms with Gasteiger partial charge in [-0.15, -0.1) is 0 Å². The number of benzene rings is 1. The van der Waals surface area contributed by atoms with Gasteiger partial charge in [0.15, 0.2) is 0 Å². The molecule has 2 rings (SSSR count). The van der Waals surface area contributed by atoms with Crippen molar-refractivity contribution in [2.24, 2.45) is 5.73 Å². The first kappa shape index (κ1) is 7.62. The molecule has 0 saturated carbocycles. The summed E-state index contributed by atoms with van der Waals surface area (Å²) < 4.78 is 0. The van der Waals surface area contributed by atoms with Gasteiger partial charge in [0.05, 0.1) is 0 Å². The SMILES string of the molecule is NC[C@@H]1CCNc2ccccc21. The summed E-state index contributed by atoms with van der Waals surface area (Å²) in [7, 11) is 0. The molecule has 0 bridgehead atoms. The van der Waals surface area contributed by atoms with Crippen molar-refractivity contribution in [1.29, 1.82) is 0 Å². The summed E-state index contributed by atoms with van der Waals surface area (Å²) in [5.41, 5.74) is 8.33. The van der Waals surface area contributed by atoms with Gasteiger partial charge in [-0.3, -0.25) is 0 Å². The van der Waals surface area contributed by atoms with Gasteiger partial charge in [0.2, 0.25) is 0 Å². The number of anilines is 1. The first-order chi connectivity index (χ1) is 5.92. The lowest BCUT2D eigenvalue weighted by molar-refractivity contribution is 0.637. The van der Waals surface area contributed by atoms with Gasteiger partial charge in [-0.1, -0.05) is 18.2 Å². The van der Waals surface area contributed by atoms with Crippen molar-refractivity contribution in [2.75, 3.05) is 18.4 Å². The van der Waals surface area contributed by atoms with E-state index in [1.165, 1.54) is 11.3 Å². The maximum atomic E-state index is 5.69. The molecule has 0 spiro atoms. The molecule has 2 heteroatoms. The van der Waals surface area contributed by atoms with Gasteiger partial charge < -0.3 is 11.1 Å². The van der Waals surface area contributed by atoms with Gasteiger partial charge in [-0.2, -0.15) is 0 Å². The van der Waals surface area contributed by atoms with Crippen molar-refractivity contribution in [1.82, 2.24) is 0 Å². The van der Waals surface area contributed by atoms with Crippen LogP contribution in [0.2, 0.25) is 0 Å². The Morgan fingerprint density at radius 2 is 2.25 bits per heavy atom. The number of fused-ring (bicyclic) bond motifs is 1. The van der Waals surface area contributed by atoms with E-state index < -0.39 is 0 Å². The van der Waals surface area contributed by atoms with Crippen molar-refractivity contribution in [3.8, 4) is 0 Å². The van der Waals surface area contributed by atoms with E-state index >= 15 is 0 Å². The monoisotopic (exact) mass is 162 g/mol. The number of para-hydroxylation sites is 1. The number of hydrogen-bond acceptors (Lipinski definition) is 2. The van der Waals surface area contributed by atoms with E-state index in [0.29, 0.717) is 5.92 Å². The highest BCUT2D eigenvalue weighted by molar-refractivity contribution is 5.54. The fraction of sp³-hybridized carbons (Fsp3) is 0.400. The highest BCUT2D eigenvalue weighted by Crippen LogP contribution is 2.29. The Hall–Kier alpha value is -1.02. The lowest BCUT2D eigenvalue weighted by Gasteiger charge is -2.25. The summed E-state index contributed by atoms with van der Waals surface area (Å²) in [4.78, 5) is 0. The van der Waals surface area contributed by atoms with Crippen LogP contribution in [-0.4, -0.2) is 13.1 Å². The van der Waals surface area contributed by atoms with Gasteiger partial charge in [-0.05, 0) is 30.5 Å². The molecular weight excluding hydrogens is 148 g/mol. The lowest BCUT2D eigenvalue weighted by atomic mass is 9.91. The maximum Gasteiger partial charge on any atom is 0.0376 e. The molecule has 12 heavy (non-hydrogen) atoms.